The summed E-state index contributed by atoms with van der Waals surface area (Å²) in [4.78, 5) is 17.2. The fourth-order valence-electron chi connectivity index (χ4n) is 1.52. The molecule has 1 amide bonds. The van der Waals surface area contributed by atoms with E-state index in [2.05, 4.69) is 15.6 Å². The minimum absolute atomic E-state index is 0.275. The van der Waals surface area contributed by atoms with E-state index in [1.165, 1.54) is 6.26 Å². The van der Waals surface area contributed by atoms with E-state index in [4.69, 9.17) is 4.42 Å². The molecule has 5 nitrogen and oxygen atoms in total. The Kier molecular flexibility index (Phi) is 4.59. The molecule has 0 radical (unpaired) electrons. The smallest absolute Gasteiger partial charge is 0.277 e. The Morgan fingerprint density at radius 3 is 2.74 bits per heavy atom. The van der Waals surface area contributed by atoms with Gasteiger partial charge in [0.25, 0.3) is 5.91 Å². The molecule has 0 saturated heterocycles. The first kappa shape index (κ1) is 13.6. The zero-order valence-corrected chi connectivity index (χ0v) is 11.6. The third-order valence-electron chi connectivity index (χ3n) is 2.46. The Hall–Kier alpha value is -1.79. The van der Waals surface area contributed by atoms with E-state index < -0.39 is 0 Å². The van der Waals surface area contributed by atoms with Crippen LogP contribution in [0.3, 0.4) is 0 Å². The monoisotopic (exact) mass is 277 g/mol. The minimum atomic E-state index is -0.275. The average Bonchev–Trinajstić information content (AvgIpc) is 2.89. The van der Waals surface area contributed by atoms with Gasteiger partial charge in [-0.25, -0.2) is 4.98 Å². The number of nitrogens with one attached hydrogen (secondary N) is 2. The third kappa shape index (κ3) is 3.59. The Morgan fingerprint density at radius 2 is 2.11 bits per heavy atom. The summed E-state index contributed by atoms with van der Waals surface area (Å²) in [5.74, 6) is 0.216. The first-order valence-corrected chi connectivity index (χ1v) is 7.00. The number of anilines is 1. The zero-order chi connectivity index (χ0) is 13.7. The van der Waals surface area contributed by atoms with Crippen LogP contribution in [0.5, 0.6) is 0 Å². The summed E-state index contributed by atoms with van der Waals surface area (Å²) in [5.41, 5.74) is 1.01. The Labute approximate surface area is 115 Å². The van der Waals surface area contributed by atoms with Gasteiger partial charge in [-0.15, -0.1) is 11.8 Å². The molecule has 0 aliphatic carbocycles. The maximum absolute atomic E-state index is 11.9. The average molecular weight is 277 g/mol. The molecule has 0 saturated carbocycles. The summed E-state index contributed by atoms with van der Waals surface area (Å²) >= 11 is 1.65. The van der Waals surface area contributed by atoms with Gasteiger partial charge in [0.1, 0.15) is 6.26 Å². The Morgan fingerprint density at radius 1 is 1.37 bits per heavy atom. The van der Waals surface area contributed by atoms with Crippen molar-refractivity contribution in [2.75, 3.05) is 18.6 Å². The van der Waals surface area contributed by atoms with Crippen molar-refractivity contribution in [3.05, 3.63) is 42.1 Å². The molecule has 6 heteroatoms. The van der Waals surface area contributed by atoms with Gasteiger partial charge in [0.15, 0.2) is 5.69 Å². The van der Waals surface area contributed by atoms with Gasteiger partial charge < -0.3 is 15.1 Å². The molecule has 0 fully saturated rings. The van der Waals surface area contributed by atoms with Crippen LogP contribution in [0.25, 0.3) is 0 Å². The van der Waals surface area contributed by atoms with Crippen molar-refractivity contribution in [1.29, 1.82) is 0 Å². The number of benzene rings is 1. The van der Waals surface area contributed by atoms with Crippen LogP contribution in [-0.2, 0) is 6.54 Å². The minimum Gasteiger partial charge on any atom is -0.447 e. The summed E-state index contributed by atoms with van der Waals surface area (Å²) in [6, 6.07) is 7.63. The molecule has 1 heterocycles. The Balaban J connectivity index is 2.02. The van der Waals surface area contributed by atoms with E-state index in [0.29, 0.717) is 12.4 Å². The van der Waals surface area contributed by atoms with E-state index in [1.807, 2.05) is 30.5 Å². The fourth-order valence-corrected chi connectivity index (χ4v) is 1.93. The summed E-state index contributed by atoms with van der Waals surface area (Å²) in [6.45, 7) is 0.496. The number of nitrogens with zero attached hydrogens (tertiary/aromatic N) is 1. The SMILES string of the molecule is CNCc1nc(C(=O)Nc2ccc(SC)cc2)co1. The van der Waals surface area contributed by atoms with Gasteiger partial charge in [-0.1, -0.05) is 0 Å². The first-order chi connectivity index (χ1) is 9.22. The number of carbonyl (C=O) groups excluding carboxylic acids is 1. The lowest BCUT2D eigenvalue weighted by molar-refractivity contribution is 0.102. The number of carbonyl (C=O) groups is 1. The number of hydrogen-bond donors (Lipinski definition) is 2. The summed E-state index contributed by atoms with van der Waals surface area (Å²) in [5, 5.41) is 5.68. The molecule has 0 spiro atoms. The molecule has 0 atom stereocenters. The van der Waals surface area contributed by atoms with Crippen LogP contribution >= 0.6 is 11.8 Å². The van der Waals surface area contributed by atoms with Gasteiger partial charge in [0, 0.05) is 10.6 Å². The molecule has 2 N–H and O–H groups in total. The quantitative estimate of drug-likeness (QED) is 0.821. The summed E-state index contributed by atoms with van der Waals surface area (Å²) in [7, 11) is 1.79. The predicted molar refractivity (Wildman–Crippen MR) is 75.4 cm³/mol. The van der Waals surface area contributed by atoms with E-state index in [1.54, 1.807) is 18.8 Å². The van der Waals surface area contributed by atoms with E-state index >= 15 is 0 Å². The molecule has 0 aliphatic heterocycles. The van der Waals surface area contributed by atoms with Gasteiger partial charge in [0.2, 0.25) is 5.89 Å². The molecule has 0 unspecified atom stereocenters. The number of amides is 1. The second kappa shape index (κ2) is 6.40. The van der Waals surface area contributed by atoms with Crippen molar-refractivity contribution in [1.82, 2.24) is 10.3 Å². The molecule has 1 aromatic heterocycles. The number of oxazole rings is 1. The van der Waals surface area contributed by atoms with E-state index in [9.17, 15) is 4.79 Å². The lowest BCUT2D eigenvalue weighted by atomic mass is 10.3. The van der Waals surface area contributed by atoms with Gasteiger partial charge >= 0.3 is 0 Å². The van der Waals surface area contributed by atoms with Crippen LogP contribution < -0.4 is 10.6 Å². The second-order valence-corrected chi connectivity index (χ2v) is 4.72. The first-order valence-electron chi connectivity index (χ1n) is 5.77. The van der Waals surface area contributed by atoms with Crippen molar-refractivity contribution < 1.29 is 9.21 Å². The Bertz CT molecular complexity index is 551. The number of aromatic nitrogens is 1. The van der Waals surface area contributed by atoms with Crippen LogP contribution in [0.2, 0.25) is 0 Å². The molecular formula is C13H15N3O2S. The van der Waals surface area contributed by atoms with Crippen LogP contribution in [0.1, 0.15) is 16.4 Å². The molecule has 2 aromatic rings. The van der Waals surface area contributed by atoms with Crippen LogP contribution in [0.4, 0.5) is 5.69 Å². The van der Waals surface area contributed by atoms with Crippen molar-refractivity contribution in [2.24, 2.45) is 0 Å². The molecule has 100 valence electrons. The van der Waals surface area contributed by atoms with Crippen molar-refractivity contribution >= 4 is 23.4 Å². The second-order valence-electron chi connectivity index (χ2n) is 3.84. The van der Waals surface area contributed by atoms with Crippen LogP contribution in [0.15, 0.2) is 39.8 Å². The maximum Gasteiger partial charge on any atom is 0.277 e. The van der Waals surface area contributed by atoms with Crippen LogP contribution in [-0.4, -0.2) is 24.2 Å². The molecule has 2 rings (SSSR count). The van der Waals surface area contributed by atoms with E-state index in [0.717, 1.165) is 10.6 Å². The van der Waals surface area contributed by atoms with Gasteiger partial charge in [-0.05, 0) is 37.6 Å². The summed E-state index contributed by atoms with van der Waals surface area (Å²) < 4.78 is 5.16. The third-order valence-corrected chi connectivity index (χ3v) is 3.20. The molecular weight excluding hydrogens is 262 g/mol. The van der Waals surface area contributed by atoms with Crippen molar-refractivity contribution in [3.63, 3.8) is 0 Å². The van der Waals surface area contributed by atoms with Crippen molar-refractivity contribution in [2.45, 2.75) is 11.4 Å². The fraction of sp³-hybridized carbons (Fsp3) is 0.231. The standard InChI is InChI=1S/C13H15N3O2S/c1-14-7-12-16-11(8-18-12)13(17)15-9-3-5-10(19-2)6-4-9/h3-6,8,14H,7H2,1-2H3,(H,15,17). The highest BCUT2D eigenvalue weighted by Crippen LogP contribution is 2.18. The number of hydrogen-bond acceptors (Lipinski definition) is 5. The van der Waals surface area contributed by atoms with Crippen molar-refractivity contribution in [3.8, 4) is 0 Å². The summed E-state index contributed by atoms with van der Waals surface area (Å²) in [6.07, 6.45) is 3.37. The van der Waals surface area contributed by atoms with Gasteiger partial charge in [0.05, 0.1) is 6.54 Å². The molecule has 19 heavy (non-hydrogen) atoms. The predicted octanol–water partition coefficient (Wildman–Crippen LogP) is 2.37. The maximum atomic E-state index is 11.9. The number of thioether (sulfide) groups is 1. The lowest BCUT2D eigenvalue weighted by Crippen LogP contribution is -2.13. The normalized spacial score (nSPS) is 10.4. The molecule has 1 aromatic carbocycles. The molecule has 0 bridgehead atoms. The van der Waals surface area contributed by atoms with Gasteiger partial charge in [-0.2, -0.15) is 0 Å². The molecule has 0 aliphatic rings. The van der Waals surface area contributed by atoms with Crippen LogP contribution in [0, 0.1) is 0 Å². The topological polar surface area (TPSA) is 67.2 Å². The lowest BCUT2D eigenvalue weighted by Gasteiger charge is -2.03. The highest BCUT2D eigenvalue weighted by Gasteiger charge is 2.11. The van der Waals surface area contributed by atoms with E-state index in [-0.39, 0.29) is 11.6 Å². The van der Waals surface area contributed by atoms with Gasteiger partial charge in [-0.3, -0.25) is 4.79 Å². The highest BCUT2D eigenvalue weighted by atomic mass is 32.2. The highest BCUT2D eigenvalue weighted by molar-refractivity contribution is 7.98. The number of rotatable bonds is 5. The largest absolute Gasteiger partial charge is 0.447 e. The zero-order valence-electron chi connectivity index (χ0n) is 10.8.